The van der Waals surface area contributed by atoms with Crippen molar-refractivity contribution in [2.24, 2.45) is 17.8 Å². The number of terminal acetylenes is 1. The highest BCUT2D eigenvalue weighted by molar-refractivity contribution is 5.93. The molecular weight excluding hydrogens is 405 g/mol. The maximum Gasteiger partial charge on any atom is 0.254 e. The number of fused-ring (bicyclic) bond motifs is 2. The van der Waals surface area contributed by atoms with Crippen molar-refractivity contribution in [1.82, 2.24) is 9.97 Å². The van der Waals surface area contributed by atoms with Gasteiger partial charge in [-0.2, -0.15) is 0 Å². The largest absolute Gasteiger partial charge is 0.383 e. The van der Waals surface area contributed by atoms with E-state index >= 15 is 0 Å². The van der Waals surface area contributed by atoms with Crippen LogP contribution >= 0.6 is 0 Å². The quantitative estimate of drug-likeness (QED) is 0.608. The number of rotatable bonds is 4. The molecule has 0 radical (unpaired) electrons. The Morgan fingerprint density at radius 3 is 2.59 bits per heavy atom. The van der Waals surface area contributed by atoms with Gasteiger partial charge in [0.05, 0.1) is 5.52 Å². The van der Waals surface area contributed by atoms with Crippen LogP contribution in [0.15, 0.2) is 48.8 Å². The highest BCUT2D eigenvalue weighted by Crippen LogP contribution is 2.53. The summed E-state index contributed by atoms with van der Waals surface area (Å²) in [5, 5.41) is 14.2. The molecule has 0 bridgehead atoms. The Bertz CT molecular complexity index is 1190. The molecule has 2 aliphatic carbocycles. The Balaban J connectivity index is 1.23. The lowest BCUT2D eigenvalue weighted by molar-refractivity contribution is -0.126. The van der Waals surface area contributed by atoms with Crippen LogP contribution < -0.4 is 5.32 Å². The fourth-order valence-corrected chi connectivity index (χ4v) is 5.64. The van der Waals surface area contributed by atoms with Crippen LogP contribution in [0.3, 0.4) is 0 Å². The molecule has 2 N–H and O–H groups in total. The number of halogens is 1. The number of aliphatic hydroxyl groups is 1. The first kappa shape index (κ1) is 20.6. The Hall–Kier alpha value is -3.30. The van der Waals surface area contributed by atoms with Crippen molar-refractivity contribution in [1.29, 1.82) is 0 Å². The number of carbonyl (C=O) groups excluding carboxylic acids is 1. The number of anilines is 1. The van der Waals surface area contributed by atoms with Gasteiger partial charge in [0.15, 0.2) is 0 Å². The minimum Gasteiger partial charge on any atom is -0.383 e. The van der Waals surface area contributed by atoms with Crippen molar-refractivity contribution in [2.45, 2.75) is 37.7 Å². The van der Waals surface area contributed by atoms with Crippen molar-refractivity contribution >= 4 is 22.6 Å². The second kappa shape index (κ2) is 8.33. The molecule has 5 nitrogen and oxygen atoms in total. The number of benzene rings is 1. The fraction of sp³-hybridized carbons (Fsp3) is 0.346. The average Bonchev–Trinajstić information content (AvgIpc) is 3.38. The van der Waals surface area contributed by atoms with E-state index in [-0.39, 0.29) is 11.7 Å². The van der Waals surface area contributed by atoms with Gasteiger partial charge in [-0.15, -0.1) is 6.42 Å². The Kier molecular flexibility index (Phi) is 5.36. The van der Waals surface area contributed by atoms with Crippen LogP contribution in [0.1, 0.15) is 42.7 Å². The van der Waals surface area contributed by atoms with E-state index in [1.807, 2.05) is 6.07 Å². The normalized spacial score (nSPS) is 25.3. The average molecular weight is 429 g/mol. The molecule has 5 atom stereocenters. The summed E-state index contributed by atoms with van der Waals surface area (Å²) in [6.45, 7) is 0. The van der Waals surface area contributed by atoms with Crippen LogP contribution in [-0.2, 0) is 4.79 Å². The van der Waals surface area contributed by atoms with Gasteiger partial charge in [0, 0.05) is 23.3 Å². The smallest absolute Gasteiger partial charge is 0.254 e. The lowest BCUT2D eigenvalue weighted by Crippen LogP contribution is -2.34. The summed E-state index contributed by atoms with van der Waals surface area (Å²) in [5.74, 6) is 3.38. The molecule has 1 amide bonds. The second-order valence-corrected chi connectivity index (χ2v) is 8.99. The molecule has 2 aliphatic rings. The van der Waals surface area contributed by atoms with Gasteiger partial charge in [-0.1, -0.05) is 5.92 Å². The van der Waals surface area contributed by atoms with Crippen molar-refractivity contribution in [2.75, 3.05) is 5.32 Å². The van der Waals surface area contributed by atoms with Crippen LogP contribution in [-0.4, -0.2) is 27.1 Å². The molecule has 0 aliphatic heterocycles. The first-order valence-electron chi connectivity index (χ1n) is 11.0. The predicted octanol–water partition coefficient (Wildman–Crippen LogP) is 4.27. The van der Waals surface area contributed by atoms with E-state index in [1.165, 1.54) is 12.3 Å². The second-order valence-electron chi connectivity index (χ2n) is 8.99. The Labute approximate surface area is 186 Å². The van der Waals surface area contributed by atoms with Crippen molar-refractivity contribution in [3.8, 4) is 12.3 Å². The summed E-state index contributed by atoms with van der Waals surface area (Å²) in [5.41, 5.74) is 2.60. The molecule has 2 aromatic heterocycles. The van der Waals surface area contributed by atoms with E-state index in [4.69, 9.17) is 6.42 Å². The van der Waals surface area contributed by atoms with E-state index in [9.17, 15) is 14.3 Å². The summed E-state index contributed by atoms with van der Waals surface area (Å²) >= 11 is 0. The minimum absolute atomic E-state index is 0.0671. The van der Waals surface area contributed by atoms with E-state index < -0.39 is 12.0 Å². The molecular formula is C26H24FN3O2. The monoisotopic (exact) mass is 429 g/mol. The number of nitrogens with zero attached hydrogens (tertiary/aromatic N) is 2. The molecule has 5 rings (SSSR count). The number of amides is 1. The molecule has 0 spiro atoms. The van der Waals surface area contributed by atoms with Crippen molar-refractivity contribution < 1.29 is 14.3 Å². The number of aliphatic hydroxyl groups excluding tert-OH is 1. The molecule has 3 aromatic rings. The molecule has 162 valence electrons. The van der Waals surface area contributed by atoms with Crippen LogP contribution in [0.4, 0.5) is 10.2 Å². The maximum atomic E-state index is 13.8. The molecule has 32 heavy (non-hydrogen) atoms. The zero-order valence-corrected chi connectivity index (χ0v) is 17.5. The number of hydrogen-bond acceptors (Lipinski definition) is 4. The molecule has 1 aromatic carbocycles. The van der Waals surface area contributed by atoms with Gasteiger partial charge in [0.1, 0.15) is 17.7 Å². The summed E-state index contributed by atoms with van der Waals surface area (Å²) in [4.78, 5) is 21.0. The van der Waals surface area contributed by atoms with Gasteiger partial charge < -0.3 is 10.4 Å². The van der Waals surface area contributed by atoms with Gasteiger partial charge in [0.25, 0.3) is 5.91 Å². The molecule has 2 heterocycles. The first-order chi connectivity index (χ1) is 15.5. The van der Waals surface area contributed by atoms with Crippen molar-refractivity contribution in [3.05, 3.63) is 65.7 Å². The summed E-state index contributed by atoms with van der Waals surface area (Å²) in [6, 6.07) is 10.1. The lowest BCUT2D eigenvalue weighted by Gasteiger charge is -2.20. The summed E-state index contributed by atoms with van der Waals surface area (Å²) < 4.78 is 13.8. The lowest BCUT2D eigenvalue weighted by atomic mass is 9.89. The standard InChI is InChI=1S/C26H24FN3O2/c1-2-15-3-6-24(29-14-15)30-26(32)25(31)19-11-16-9-18(10-17(16)12-19)21-7-8-28-23-5-4-20(27)13-22(21)23/h1,3-8,13-14,16-19,25,31H,9-12H2,(H,29,30,32)/t16-,17+,18?,19+,25?. The number of pyridine rings is 2. The number of nitrogens with one attached hydrogen (secondary N) is 1. The van der Waals surface area contributed by atoms with Gasteiger partial charge in [0.2, 0.25) is 0 Å². The Morgan fingerprint density at radius 1 is 1.12 bits per heavy atom. The van der Waals surface area contributed by atoms with Gasteiger partial charge >= 0.3 is 0 Å². The minimum atomic E-state index is -1.07. The van der Waals surface area contributed by atoms with Crippen LogP contribution in [0.25, 0.3) is 10.9 Å². The summed E-state index contributed by atoms with van der Waals surface area (Å²) in [6.07, 6.45) is 11.2. The molecule has 2 fully saturated rings. The van der Waals surface area contributed by atoms with Gasteiger partial charge in [-0.3, -0.25) is 9.78 Å². The Morgan fingerprint density at radius 2 is 1.91 bits per heavy atom. The third-order valence-electron chi connectivity index (χ3n) is 7.13. The number of carbonyl (C=O) groups is 1. The van der Waals surface area contributed by atoms with Crippen LogP contribution in [0.2, 0.25) is 0 Å². The van der Waals surface area contributed by atoms with Crippen LogP contribution in [0.5, 0.6) is 0 Å². The molecule has 2 saturated carbocycles. The third-order valence-corrected chi connectivity index (χ3v) is 7.13. The highest BCUT2D eigenvalue weighted by atomic mass is 19.1. The molecule has 2 unspecified atom stereocenters. The van der Waals surface area contributed by atoms with Crippen molar-refractivity contribution in [3.63, 3.8) is 0 Å². The number of hydrogen-bond donors (Lipinski definition) is 2. The number of aromatic nitrogens is 2. The van der Waals surface area contributed by atoms with Gasteiger partial charge in [-0.25, -0.2) is 9.37 Å². The van der Waals surface area contributed by atoms with E-state index in [2.05, 4.69) is 21.2 Å². The topological polar surface area (TPSA) is 75.1 Å². The van der Waals surface area contributed by atoms with Gasteiger partial charge in [-0.05, 0) is 91.3 Å². The molecule has 6 heteroatoms. The van der Waals surface area contributed by atoms with E-state index in [0.29, 0.717) is 29.1 Å². The fourth-order valence-electron chi connectivity index (χ4n) is 5.64. The summed E-state index contributed by atoms with van der Waals surface area (Å²) in [7, 11) is 0. The third kappa shape index (κ3) is 3.85. The zero-order valence-electron chi connectivity index (χ0n) is 17.5. The SMILES string of the molecule is C#Cc1ccc(NC(=O)C(O)[C@H]2C[C@H]3CC(c4ccnc5ccc(F)cc45)C[C@H]3C2)nc1. The highest BCUT2D eigenvalue weighted by Gasteiger charge is 2.45. The zero-order chi connectivity index (χ0) is 22.2. The predicted molar refractivity (Wildman–Crippen MR) is 120 cm³/mol. The molecule has 0 saturated heterocycles. The van der Waals surface area contributed by atoms with E-state index in [0.717, 1.165) is 42.1 Å². The van der Waals surface area contributed by atoms with E-state index in [1.54, 1.807) is 30.5 Å². The maximum absolute atomic E-state index is 13.8. The van der Waals surface area contributed by atoms with Crippen LogP contribution in [0, 0.1) is 35.9 Å². The first-order valence-corrected chi connectivity index (χ1v) is 11.0.